The van der Waals surface area contributed by atoms with Crippen LogP contribution in [0, 0.1) is 5.92 Å². The molecule has 0 saturated carbocycles. The molecule has 4 aromatic rings. The molecule has 1 unspecified atom stereocenters. The minimum absolute atomic E-state index is 0.0955. The molecule has 0 spiro atoms. The summed E-state index contributed by atoms with van der Waals surface area (Å²) in [6, 6.07) is 26.0. The lowest BCUT2D eigenvalue weighted by Gasteiger charge is -2.23. The Hall–Kier alpha value is -3.71. The van der Waals surface area contributed by atoms with Crippen molar-refractivity contribution in [2.75, 3.05) is 17.6 Å². The molecule has 3 N–H and O–H groups in total. The summed E-state index contributed by atoms with van der Waals surface area (Å²) in [7, 11) is 0. The monoisotopic (exact) mass is 502 g/mol. The van der Waals surface area contributed by atoms with E-state index in [2.05, 4.69) is 60.9 Å². The number of benzene rings is 3. The number of carboxylic acids is 1. The molecule has 0 aliphatic carbocycles. The lowest BCUT2D eigenvalue weighted by molar-refractivity contribution is -0.136. The van der Waals surface area contributed by atoms with E-state index in [0.717, 1.165) is 33.7 Å². The maximum atomic E-state index is 12.2. The molecule has 1 aromatic heterocycles. The number of nitrogens with one attached hydrogen (secondary N) is 2. The summed E-state index contributed by atoms with van der Waals surface area (Å²) in [6.45, 7) is 4.49. The lowest BCUT2D eigenvalue weighted by atomic mass is 10.1. The fourth-order valence-corrected chi connectivity index (χ4v) is 4.91. The second-order valence-corrected chi connectivity index (χ2v) is 10.0. The molecular weight excluding hydrogens is 472 g/mol. The van der Waals surface area contributed by atoms with Crippen molar-refractivity contribution in [1.82, 2.24) is 5.32 Å². The highest BCUT2D eigenvalue weighted by Crippen LogP contribution is 2.30. The summed E-state index contributed by atoms with van der Waals surface area (Å²) in [4.78, 5) is 23.9. The van der Waals surface area contributed by atoms with Crippen molar-refractivity contribution >= 4 is 40.3 Å². The van der Waals surface area contributed by atoms with E-state index >= 15 is 0 Å². The van der Waals surface area contributed by atoms with Crippen LogP contribution in [0.3, 0.4) is 0 Å². The normalized spacial score (nSPS) is 12.0. The van der Waals surface area contributed by atoms with Crippen molar-refractivity contribution in [3.8, 4) is 11.3 Å². The Morgan fingerprint density at radius 1 is 0.972 bits per heavy atom. The molecule has 186 valence electrons. The molecule has 4 rings (SSSR count). The molecule has 1 heterocycles. The van der Waals surface area contributed by atoms with Crippen LogP contribution >= 0.6 is 11.8 Å². The lowest BCUT2D eigenvalue weighted by Crippen LogP contribution is -2.28. The number of hydrogen-bond donors (Lipinski definition) is 3. The van der Waals surface area contributed by atoms with E-state index in [1.165, 1.54) is 4.90 Å². The smallest absolute Gasteiger partial charge is 0.305 e. The Kier molecular flexibility index (Phi) is 8.33. The number of fused-ring (bicyclic) bond motifs is 1. The maximum Gasteiger partial charge on any atom is 0.305 e. The molecule has 1 amide bonds. The number of furan rings is 1. The summed E-state index contributed by atoms with van der Waals surface area (Å²) < 4.78 is 5.98. The van der Waals surface area contributed by atoms with Gasteiger partial charge in [-0.05, 0) is 54.4 Å². The van der Waals surface area contributed by atoms with Gasteiger partial charge in [0.15, 0.2) is 0 Å². The third kappa shape index (κ3) is 6.70. The SMILES string of the molecule is CC(C)C(CSc1ccc(-c2cc3ccccc3o2)cc1)Nc1ccc(C(=O)NCCC(=O)O)cc1. The van der Waals surface area contributed by atoms with Gasteiger partial charge in [0.25, 0.3) is 5.91 Å². The van der Waals surface area contributed by atoms with Gasteiger partial charge in [-0.15, -0.1) is 11.8 Å². The highest BCUT2D eigenvalue weighted by Gasteiger charge is 2.15. The number of carbonyl (C=O) groups is 2. The van der Waals surface area contributed by atoms with Gasteiger partial charge in [0.05, 0.1) is 6.42 Å². The zero-order chi connectivity index (χ0) is 25.5. The summed E-state index contributed by atoms with van der Waals surface area (Å²) >= 11 is 1.80. The number of thioether (sulfide) groups is 1. The molecule has 36 heavy (non-hydrogen) atoms. The van der Waals surface area contributed by atoms with Crippen molar-refractivity contribution in [2.45, 2.75) is 31.2 Å². The van der Waals surface area contributed by atoms with Gasteiger partial charge in [0.1, 0.15) is 11.3 Å². The minimum atomic E-state index is -0.936. The van der Waals surface area contributed by atoms with Gasteiger partial charge in [-0.25, -0.2) is 0 Å². The molecular formula is C29H30N2O4S. The molecule has 6 nitrogen and oxygen atoms in total. The van der Waals surface area contributed by atoms with Crippen LogP contribution in [-0.2, 0) is 4.79 Å². The predicted molar refractivity (Wildman–Crippen MR) is 146 cm³/mol. The summed E-state index contributed by atoms with van der Waals surface area (Å²) in [6.07, 6.45) is -0.0955. The second-order valence-electron chi connectivity index (χ2n) is 8.96. The number of hydrogen-bond acceptors (Lipinski definition) is 5. The number of para-hydroxylation sites is 1. The van der Waals surface area contributed by atoms with Gasteiger partial charge in [-0.3, -0.25) is 9.59 Å². The van der Waals surface area contributed by atoms with Gasteiger partial charge in [0, 0.05) is 45.4 Å². The first-order valence-corrected chi connectivity index (χ1v) is 13.0. The zero-order valence-electron chi connectivity index (χ0n) is 20.4. The molecule has 0 aliphatic heterocycles. The van der Waals surface area contributed by atoms with Crippen molar-refractivity contribution in [3.63, 3.8) is 0 Å². The first-order valence-electron chi connectivity index (χ1n) is 12.0. The highest BCUT2D eigenvalue weighted by atomic mass is 32.2. The first-order chi connectivity index (χ1) is 17.4. The molecule has 0 fully saturated rings. The van der Waals surface area contributed by atoms with Crippen LogP contribution in [-0.4, -0.2) is 35.3 Å². The van der Waals surface area contributed by atoms with Crippen LogP contribution in [0.25, 0.3) is 22.3 Å². The minimum Gasteiger partial charge on any atom is -0.481 e. The van der Waals surface area contributed by atoms with E-state index in [0.29, 0.717) is 11.5 Å². The van der Waals surface area contributed by atoms with E-state index in [1.807, 2.05) is 30.3 Å². The number of anilines is 1. The van der Waals surface area contributed by atoms with E-state index in [1.54, 1.807) is 23.9 Å². The van der Waals surface area contributed by atoms with Crippen molar-refractivity contribution in [2.24, 2.45) is 5.92 Å². The van der Waals surface area contributed by atoms with Crippen LogP contribution in [0.15, 0.2) is 88.2 Å². The molecule has 0 aliphatic rings. The number of carbonyl (C=O) groups excluding carboxylic acids is 1. The summed E-state index contributed by atoms with van der Waals surface area (Å²) in [5.74, 6) is 0.957. The third-order valence-corrected chi connectivity index (χ3v) is 7.05. The molecule has 1 atom stereocenters. The highest BCUT2D eigenvalue weighted by molar-refractivity contribution is 7.99. The van der Waals surface area contributed by atoms with Gasteiger partial charge >= 0.3 is 5.97 Å². The topological polar surface area (TPSA) is 91.6 Å². The largest absolute Gasteiger partial charge is 0.481 e. The first kappa shape index (κ1) is 25.4. The van der Waals surface area contributed by atoms with Gasteiger partial charge in [0.2, 0.25) is 0 Å². The quantitative estimate of drug-likeness (QED) is 0.202. The standard InChI is InChI=1S/C29H30N2O4S/c1-19(2)25(31-23-11-7-21(8-12-23)29(34)30-16-15-28(32)33)18-36-24-13-9-20(10-14-24)27-17-22-5-3-4-6-26(22)35-27/h3-14,17,19,25,31H,15-16,18H2,1-2H3,(H,30,34)(H,32,33). The molecule has 3 aromatic carbocycles. The van der Waals surface area contributed by atoms with E-state index in [4.69, 9.17) is 9.52 Å². The Balaban J connectivity index is 1.32. The van der Waals surface area contributed by atoms with Gasteiger partial charge in [-0.2, -0.15) is 0 Å². The van der Waals surface area contributed by atoms with Crippen molar-refractivity contribution in [3.05, 3.63) is 84.4 Å². The number of carboxylic acid groups (broad SMARTS) is 1. The maximum absolute atomic E-state index is 12.2. The van der Waals surface area contributed by atoms with E-state index < -0.39 is 5.97 Å². The van der Waals surface area contributed by atoms with Crippen molar-refractivity contribution < 1.29 is 19.1 Å². The Morgan fingerprint density at radius 3 is 2.36 bits per heavy atom. The van der Waals surface area contributed by atoms with Crippen LogP contribution < -0.4 is 10.6 Å². The molecule has 0 radical (unpaired) electrons. The van der Waals surface area contributed by atoms with Crippen molar-refractivity contribution in [1.29, 1.82) is 0 Å². The Morgan fingerprint density at radius 2 is 1.69 bits per heavy atom. The van der Waals surface area contributed by atoms with Crippen LogP contribution in [0.5, 0.6) is 0 Å². The van der Waals surface area contributed by atoms with Crippen LogP contribution in [0.1, 0.15) is 30.6 Å². The third-order valence-electron chi connectivity index (χ3n) is 5.92. The Labute approximate surface area is 215 Å². The summed E-state index contributed by atoms with van der Waals surface area (Å²) in [5.41, 5.74) is 3.40. The summed E-state index contributed by atoms with van der Waals surface area (Å²) in [5, 5.41) is 16.0. The van der Waals surface area contributed by atoms with Crippen LogP contribution in [0.4, 0.5) is 5.69 Å². The fourth-order valence-electron chi connectivity index (χ4n) is 3.74. The number of amides is 1. The van der Waals surface area contributed by atoms with Gasteiger partial charge < -0.3 is 20.2 Å². The predicted octanol–water partition coefficient (Wildman–Crippen LogP) is 6.53. The Bertz CT molecular complexity index is 1280. The molecule has 7 heteroatoms. The molecule has 0 bridgehead atoms. The fraction of sp³-hybridized carbons (Fsp3) is 0.241. The molecule has 0 saturated heterocycles. The zero-order valence-corrected chi connectivity index (χ0v) is 21.2. The number of aliphatic carboxylic acids is 1. The van der Waals surface area contributed by atoms with Crippen LogP contribution in [0.2, 0.25) is 0 Å². The second kappa shape index (κ2) is 11.8. The number of rotatable bonds is 11. The average molecular weight is 503 g/mol. The van der Waals surface area contributed by atoms with Gasteiger partial charge in [-0.1, -0.05) is 44.2 Å². The van der Waals surface area contributed by atoms with E-state index in [9.17, 15) is 9.59 Å². The average Bonchev–Trinajstić information content (AvgIpc) is 3.31. The van der Waals surface area contributed by atoms with E-state index in [-0.39, 0.29) is 24.9 Å².